The number of nitrogens with one attached hydrogen (secondary N) is 2. The molecule has 3 N–H and O–H groups in total. The van der Waals surface area contributed by atoms with Crippen molar-refractivity contribution in [1.82, 2.24) is 10.6 Å². The highest BCUT2D eigenvalue weighted by molar-refractivity contribution is 7.12. The largest absolute Gasteiger partial charge is 0.477 e. The highest BCUT2D eigenvalue weighted by atomic mass is 32.1. The van der Waals surface area contributed by atoms with Crippen molar-refractivity contribution >= 4 is 35.0 Å². The first-order valence-electron chi connectivity index (χ1n) is 12.7. The predicted octanol–water partition coefficient (Wildman–Crippen LogP) is 4.40. The van der Waals surface area contributed by atoms with E-state index in [1.807, 2.05) is 0 Å². The van der Waals surface area contributed by atoms with E-state index in [4.69, 9.17) is 4.74 Å². The summed E-state index contributed by atoms with van der Waals surface area (Å²) in [7, 11) is 0. The van der Waals surface area contributed by atoms with Crippen molar-refractivity contribution in [2.45, 2.75) is 89.3 Å². The van der Waals surface area contributed by atoms with E-state index in [9.17, 15) is 19.5 Å². The molecule has 0 bridgehead atoms. The lowest BCUT2D eigenvalue weighted by molar-refractivity contribution is -0.124. The maximum absolute atomic E-state index is 13.7. The molecule has 3 fully saturated rings. The second-order valence-electron chi connectivity index (χ2n) is 10.1. The number of carbonyl (C=O) groups is 3. The molecule has 1 saturated heterocycles. The summed E-state index contributed by atoms with van der Waals surface area (Å²) >= 11 is 1.17. The highest BCUT2D eigenvalue weighted by Crippen LogP contribution is 2.37. The molecule has 2 amide bonds. The van der Waals surface area contributed by atoms with Crippen LogP contribution in [-0.4, -0.2) is 54.4 Å². The minimum atomic E-state index is -0.990. The number of carboxylic acid groups (broad SMARTS) is 1. The van der Waals surface area contributed by atoms with Gasteiger partial charge in [-0.3, -0.25) is 4.79 Å². The van der Waals surface area contributed by atoms with E-state index in [1.54, 1.807) is 16.3 Å². The fraction of sp³-hybridized carbons (Fsp3) is 0.720. The Kier molecular flexibility index (Phi) is 8.47. The molecule has 9 heteroatoms. The molecule has 34 heavy (non-hydrogen) atoms. The van der Waals surface area contributed by atoms with Gasteiger partial charge >= 0.3 is 12.1 Å². The van der Waals surface area contributed by atoms with E-state index in [1.165, 1.54) is 11.3 Å². The fourth-order valence-corrected chi connectivity index (χ4v) is 6.32. The van der Waals surface area contributed by atoms with Gasteiger partial charge in [-0.25, -0.2) is 9.59 Å². The molecular formula is C25H37N3O5S. The van der Waals surface area contributed by atoms with Crippen LogP contribution in [0.2, 0.25) is 0 Å². The van der Waals surface area contributed by atoms with Crippen molar-refractivity contribution in [2.24, 2.45) is 11.8 Å². The smallest absolute Gasteiger partial charge is 0.407 e. The van der Waals surface area contributed by atoms with Crippen LogP contribution in [0.3, 0.4) is 0 Å². The first-order valence-corrected chi connectivity index (χ1v) is 13.6. The Morgan fingerprint density at radius 1 is 1.09 bits per heavy atom. The molecule has 1 atom stereocenters. The number of carbonyl (C=O) groups excluding carboxylic acids is 2. The molecule has 0 spiro atoms. The molecule has 0 aromatic carbocycles. The first kappa shape index (κ1) is 25.0. The molecule has 4 rings (SSSR count). The Bertz CT molecular complexity index is 852. The van der Waals surface area contributed by atoms with E-state index in [0.29, 0.717) is 18.2 Å². The number of hydrogen-bond acceptors (Lipinski definition) is 6. The minimum absolute atomic E-state index is 0.00852. The number of piperidine rings is 1. The Labute approximate surface area is 205 Å². The number of hydrogen-bond donors (Lipinski definition) is 3. The lowest BCUT2D eigenvalue weighted by atomic mass is 9.81. The fourth-order valence-electron chi connectivity index (χ4n) is 5.60. The predicted molar refractivity (Wildman–Crippen MR) is 131 cm³/mol. The van der Waals surface area contributed by atoms with Gasteiger partial charge in [-0.1, -0.05) is 6.92 Å². The quantitative estimate of drug-likeness (QED) is 0.545. The minimum Gasteiger partial charge on any atom is -0.477 e. The molecule has 0 unspecified atom stereocenters. The van der Waals surface area contributed by atoms with Crippen molar-refractivity contribution in [2.75, 3.05) is 18.0 Å². The summed E-state index contributed by atoms with van der Waals surface area (Å²) < 4.78 is 5.55. The number of nitrogens with zero attached hydrogens (tertiary/aromatic N) is 1. The molecule has 3 aliphatic rings. The molecule has 2 heterocycles. The third-order valence-electron chi connectivity index (χ3n) is 7.61. The topological polar surface area (TPSA) is 108 Å². The van der Waals surface area contributed by atoms with Crippen LogP contribution in [0, 0.1) is 11.8 Å². The average Bonchev–Trinajstić information content (AvgIpc) is 3.31. The number of aromatic carboxylic acids is 1. The van der Waals surface area contributed by atoms with Crippen LogP contribution in [-0.2, 0) is 9.53 Å². The van der Waals surface area contributed by atoms with Crippen molar-refractivity contribution in [1.29, 1.82) is 0 Å². The first-order chi connectivity index (χ1) is 16.4. The van der Waals surface area contributed by atoms with Crippen molar-refractivity contribution < 1.29 is 24.2 Å². The van der Waals surface area contributed by atoms with Crippen LogP contribution in [0.25, 0.3) is 0 Å². The third-order valence-corrected chi connectivity index (χ3v) is 8.50. The third kappa shape index (κ3) is 6.10. The number of ether oxygens (including phenoxy) is 1. The number of amides is 2. The second-order valence-corrected chi connectivity index (χ2v) is 11.0. The lowest BCUT2D eigenvalue weighted by Gasteiger charge is -2.39. The zero-order chi connectivity index (χ0) is 24.1. The zero-order valence-corrected chi connectivity index (χ0v) is 20.8. The van der Waals surface area contributed by atoms with Gasteiger partial charge in [0.15, 0.2) is 0 Å². The van der Waals surface area contributed by atoms with E-state index in [-0.39, 0.29) is 41.0 Å². The van der Waals surface area contributed by atoms with Gasteiger partial charge in [0, 0.05) is 24.5 Å². The number of rotatable bonds is 6. The van der Waals surface area contributed by atoms with Crippen LogP contribution in [0.1, 0.15) is 80.8 Å². The van der Waals surface area contributed by atoms with E-state index in [0.717, 1.165) is 70.8 Å². The summed E-state index contributed by atoms with van der Waals surface area (Å²) in [5.74, 6) is -0.338. The van der Waals surface area contributed by atoms with Gasteiger partial charge in [0.05, 0.1) is 5.69 Å². The maximum atomic E-state index is 13.7. The van der Waals surface area contributed by atoms with Crippen LogP contribution in [0.15, 0.2) is 11.4 Å². The van der Waals surface area contributed by atoms with Crippen LogP contribution in [0.5, 0.6) is 0 Å². The van der Waals surface area contributed by atoms with Crippen LogP contribution >= 0.6 is 11.3 Å². The molecule has 8 nitrogen and oxygen atoms in total. The standard InChI is InChI=1S/C25H37N3O5S/c1-16-4-6-17(7-5-16)23(29)28(21-12-14-34-22(21)24(30)31)19-10-8-18(9-11-19)27-25(32)33-20-3-2-13-26-15-20/h12,14,16-20,26H,2-11,13,15H2,1H3,(H,27,32)(H,30,31)/t16-,17-,18?,19?,20-/m1/s1. The summed E-state index contributed by atoms with van der Waals surface area (Å²) in [6, 6.07) is 1.72. The molecule has 188 valence electrons. The van der Waals surface area contributed by atoms with Gasteiger partial charge in [-0.05, 0) is 88.1 Å². The van der Waals surface area contributed by atoms with Gasteiger partial charge in [0.1, 0.15) is 11.0 Å². The molecule has 2 aliphatic carbocycles. The van der Waals surface area contributed by atoms with Gasteiger partial charge in [0.25, 0.3) is 0 Å². The number of thiophene rings is 1. The zero-order valence-electron chi connectivity index (χ0n) is 20.0. The van der Waals surface area contributed by atoms with Crippen LogP contribution < -0.4 is 15.5 Å². The van der Waals surface area contributed by atoms with Crippen molar-refractivity contribution in [3.8, 4) is 0 Å². The Morgan fingerprint density at radius 2 is 1.82 bits per heavy atom. The van der Waals surface area contributed by atoms with Crippen molar-refractivity contribution in [3.63, 3.8) is 0 Å². The van der Waals surface area contributed by atoms with Crippen molar-refractivity contribution in [3.05, 3.63) is 16.3 Å². The van der Waals surface area contributed by atoms with Gasteiger partial charge in [-0.15, -0.1) is 11.3 Å². The highest BCUT2D eigenvalue weighted by Gasteiger charge is 2.37. The molecule has 0 radical (unpaired) electrons. The maximum Gasteiger partial charge on any atom is 0.407 e. The van der Waals surface area contributed by atoms with Crippen LogP contribution in [0.4, 0.5) is 10.5 Å². The monoisotopic (exact) mass is 491 g/mol. The van der Waals surface area contributed by atoms with Gasteiger partial charge in [0.2, 0.25) is 5.91 Å². The lowest BCUT2D eigenvalue weighted by Crippen LogP contribution is -2.49. The summed E-state index contributed by atoms with van der Waals surface area (Å²) in [5.41, 5.74) is 0.529. The normalized spacial score (nSPS) is 29.7. The number of anilines is 1. The second kappa shape index (κ2) is 11.5. The number of alkyl carbamates (subject to hydrolysis) is 1. The Hall–Kier alpha value is -2.13. The van der Waals surface area contributed by atoms with E-state index in [2.05, 4.69) is 17.6 Å². The molecular weight excluding hydrogens is 454 g/mol. The van der Waals surface area contributed by atoms with Gasteiger partial charge in [-0.2, -0.15) is 0 Å². The summed E-state index contributed by atoms with van der Waals surface area (Å²) in [5, 5.41) is 17.7. The van der Waals surface area contributed by atoms with E-state index < -0.39 is 5.97 Å². The molecule has 1 aromatic rings. The SMILES string of the molecule is C[C@H]1CC[C@H](C(=O)N(c2ccsc2C(=O)O)C2CCC(NC(=O)O[C@@H]3CCCNC3)CC2)CC1. The summed E-state index contributed by atoms with van der Waals surface area (Å²) in [4.78, 5) is 39.9. The molecule has 1 aromatic heterocycles. The number of carboxylic acids is 1. The Morgan fingerprint density at radius 3 is 2.47 bits per heavy atom. The summed E-state index contributed by atoms with van der Waals surface area (Å²) in [6.07, 6.45) is 8.16. The average molecular weight is 492 g/mol. The van der Waals surface area contributed by atoms with E-state index >= 15 is 0 Å². The molecule has 1 aliphatic heterocycles. The summed E-state index contributed by atoms with van der Waals surface area (Å²) in [6.45, 7) is 3.89. The molecule has 2 saturated carbocycles. The Balaban J connectivity index is 1.40. The van der Waals surface area contributed by atoms with Gasteiger partial charge < -0.3 is 25.4 Å².